The number of carbonyl (C=O) groups is 1. The molecule has 0 bridgehead atoms. The molecule has 3 N–H and O–H groups in total. The fourth-order valence-electron chi connectivity index (χ4n) is 4.30. The van der Waals surface area contributed by atoms with Crippen LogP contribution >= 0.6 is 11.3 Å². The number of benzene rings is 2. The first-order chi connectivity index (χ1) is 18.7. The third kappa shape index (κ3) is 5.62. The summed E-state index contributed by atoms with van der Waals surface area (Å²) in [4.78, 5) is 14.8. The van der Waals surface area contributed by atoms with E-state index in [1.165, 1.54) is 16.1 Å². The van der Waals surface area contributed by atoms with Gasteiger partial charge in [0.2, 0.25) is 15.2 Å². The third-order valence-electron chi connectivity index (χ3n) is 6.39. The maximum atomic E-state index is 14.7. The summed E-state index contributed by atoms with van der Waals surface area (Å²) in [6.45, 7) is 0. The minimum atomic E-state index is -4.99. The van der Waals surface area contributed by atoms with Crippen molar-refractivity contribution in [2.45, 2.75) is 36.8 Å². The van der Waals surface area contributed by atoms with E-state index in [4.69, 9.17) is 5.14 Å². The number of rotatable bonds is 8. The first kappa shape index (κ1) is 27.9. The molecule has 4 aromatic rings. The average Bonchev–Trinajstić information content (AvgIpc) is 3.41. The highest BCUT2D eigenvalue weighted by Crippen LogP contribution is 2.40. The summed E-state index contributed by atoms with van der Waals surface area (Å²) in [6.07, 6.45) is -2.90. The molecule has 5 rings (SSSR count). The van der Waals surface area contributed by atoms with Gasteiger partial charge in [0.05, 0.1) is 17.0 Å². The third-order valence-corrected chi connectivity index (χ3v) is 8.15. The molecule has 40 heavy (non-hydrogen) atoms. The first-order valence-electron chi connectivity index (χ1n) is 11.7. The molecular formula is C25H19F5N4O4S2. The second-order valence-corrected chi connectivity index (χ2v) is 11.7. The van der Waals surface area contributed by atoms with E-state index in [1.807, 2.05) is 0 Å². The monoisotopic (exact) mass is 598 g/mol. The SMILES string of the molecule is NS(=O)(=O)c1ccc(Cc2c(-c3ccc(F)c(C(F)(F)F)c3)nn(-c3nc(C(=O)O)cs3)c2CC2CC2)cc1F. The van der Waals surface area contributed by atoms with Crippen LogP contribution in [0.25, 0.3) is 16.4 Å². The van der Waals surface area contributed by atoms with Crippen molar-refractivity contribution < 1.29 is 40.3 Å². The summed E-state index contributed by atoms with van der Waals surface area (Å²) in [5.74, 6) is -3.63. The number of aromatic nitrogens is 3. The lowest BCUT2D eigenvalue weighted by Crippen LogP contribution is -2.14. The molecule has 2 aromatic carbocycles. The van der Waals surface area contributed by atoms with Crippen molar-refractivity contribution in [2.75, 3.05) is 0 Å². The quantitative estimate of drug-likeness (QED) is 0.269. The zero-order valence-electron chi connectivity index (χ0n) is 20.2. The second-order valence-electron chi connectivity index (χ2n) is 9.33. The van der Waals surface area contributed by atoms with Gasteiger partial charge in [-0.25, -0.2) is 36.8 Å². The Morgan fingerprint density at radius 1 is 1.12 bits per heavy atom. The van der Waals surface area contributed by atoms with Crippen LogP contribution in [0.15, 0.2) is 46.7 Å². The highest BCUT2D eigenvalue weighted by Gasteiger charge is 2.35. The molecular weight excluding hydrogens is 579 g/mol. The predicted octanol–water partition coefficient (Wildman–Crippen LogP) is 5.18. The molecule has 15 heteroatoms. The summed E-state index contributed by atoms with van der Waals surface area (Å²) in [5.41, 5.74) is -0.636. The lowest BCUT2D eigenvalue weighted by atomic mass is 9.96. The molecule has 2 aromatic heterocycles. The van der Waals surface area contributed by atoms with E-state index >= 15 is 0 Å². The van der Waals surface area contributed by atoms with Crippen molar-refractivity contribution in [1.82, 2.24) is 14.8 Å². The molecule has 1 aliphatic rings. The van der Waals surface area contributed by atoms with Crippen LogP contribution in [0.3, 0.4) is 0 Å². The van der Waals surface area contributed by atoms with Crippen molar-refractivity contribution >= 4 is 27.3 Å². The van der Waals surface area contributed by atoms with Gasteiger partial charge in [0.25, 0.3) is 0 Å². The lowest BCUT2D eigenvalue weighted by molar-refractivity contribution is -0.139. The molecule has 0 amide bonds. The van der Waals surface area contributed by atoms with Crippen LogP contribution in [0, 0.1) is 17.6 Å². The van der Waals surface area contributed by atoms with E-state index in [2.05, 4.69) is 10.1 Å². The van der Waals surface area contributed by atoms with Crippen molar-refractivity contribution in [3.05, 3.63) is 81.5 Å². The number of alkyl halides is 3. The predicted molar refractivity (Wildman–Crippen MR) is 134 cm³/mol. The molecule has 0 unspecified atom stereocenters. The summed E-state index contributed by atoms with van der Waals surface area (Å²) in [6, 6.07) is 5.71. The number of hydrogen-bond donors (Lipinski definition) is 2. The molecule has 1 saturated carbocycles. The fourth-order valence-corrected chi connectivity index (χ4v) is 5.67. The van der Waals surface area contributed by atoms with E-state index in [0.29, 0.717) is 29.8 Å². The Labute approximate surface area is 228 Å². The van der Waals surface area contributed by atoms with Crippen molar-refractivity contribution in [3.8, 4) is 16.4 Å². The Kier molecular flexibility index (Phi) is 7.00. The second kappa shape index (κ2) is 10.1. The molecule has 210 valence electrons. The van der Waals surface area contributed by atoms with Gasteiger partial charge in [-0.3, -0.25) is 0 Å². The van der Waals surface area contributed by atoms with Gasteiger partial charge < -0.3 is 5.11 Å². The number of aromatic carboxylic acids is 1. The molecule has 8 nitrogen and oxygen atoms in total. The van der Waals surface area contributed by atoms with Gasteiger partial charge in [-0.15, -0.1) is 11.3 Å². The van der Waals surface area contributed by atoms with Crippen LogP contribution in [0.2, 0.25) is 0 Å². The molecule has 1 aliphatic carbocycles. The summed E-state index contributed by atoms with van der Waals surface area (Å²) < 4.78 is 94.1. The maximum Gasteiger partial charge on any atom is 0.419 e. The van der Waals surface area contributed by atoms with Gasteiger partial charge in [-0.05, 0) is 61.1 Å². The summed E-state index contributed by atoms with van der Waals surface area (Å²) >= 11 is 0.961. The van der Waals surface area contributed by atoms with Crippen molar-refractivity contribution in [3.63, 3.8) is 0 Å². The molecule has 1 fully saturated rings. The van der Waals surface area contributed by atoms with E-state index < -0.39 is 44.3 Å². The van der Waals surface area contributed by atoms with E-state index in [1.54, 1.807) is 0 Å². The minimum Gasteiger partial charge on any atom is -0.476 e. The molecule has 0 radical (unpaired) electrons. The Morgan fingerprint density at radius 3 is 2.42 bits per heavy atom. The number of hydrogen-bond acceptors (Lipinski definition) is 6. The van der Waals surface area contributed by atoms with Crippen LogP contribution < -0.4 is 5.14 Å². The molecule has 0 spiro atoms. The number of sulfonamides is 1. The van der Waals surface area contributed by atoms with E-state index in [-0.39, 0.29) is 40.0 Å². The lowest BCUT2D eigenvalue weighted by Gasteiger charge is -2.11. The van der Waals surface area contributed by atoms with Crippen LogP contribution in [0.4, 0.5) is 22.0 Å². The largest absolute Gasteiger partial charge is 0.476 e. The van der Waals surface area contributed by atoms with Gasteiger partial charge in [-0.2, -0.15) is 18.3 Å². The molecule has 0 aliphatic heterocycles. The van der Waals surface area contributed by atoms with Crippen LogP contribution in [-0.4, -0.2) is 34.3 Å². The number of nitrogens with zero attached hydrogens (tertiary/aromatic N) is 3. The van der Waals surface area contributed by atoms with E-state index in [0.717, 1.165) is 42.4 Å². The van der Waals surface area contributed by atoms with E-state index in [9.17, 15) is 40.3 Å². The number of halogens is 5. The van der Waals surface area contributed by atoms with Crippen LogP contribution in [-0.2, 0) is 29.0 Å². The highest BCUT2D eigenvalue weighted by molar-refractivity contribution is 7.89. The zero-order chi connectivity index (χ0) is 29.0. The van der Waals surface area contributed by atoms with Crippen LogP contribution in [0.1, 0.15) is 45.7 Å². The van der Waals surface area contributed by atoms with Gasteiger partial charge >= 0.3 is 12.1 Å². The van der Waals surface area contributed by atoms with Gasteiger partial charge in [0, 0.05) is 22.9 Å². The first-order valence-corrected chi connectivity index (χ1v) is 14.1. The number of carboxylic acid groups (broad SMARTS) is 1. The zero-order valence-corrected chi connectivity index (χ0v) is 21.9. The summed E-state index contributed by atoms with van der Waals surface area (Å²) in [7, 11) is -4.34. The minimum absolute atomic E-state index is 0.0316. The van der Waals surface area contributed by atoms with Gasteiger partial charge in [-0.1, -0.05) is 6.07 Å². The Morgan fingerprint density at radius 2 is 1.85 bits per heavy atom. The fraction of sp³-hybridized carbons (Fsp3) is 0.240. The van der Waals surface area contributed by atoms with Crippen LogP contribution in [0.5, 0.6) is 0 Å². The topological polar surface area (TPSA) is 128 Å². The van der Waals surface area contributed by atoms with Gasteiger partial charge in [0.1, 0.15) is 16.5 Å². The number of primary sulfonamides is 1. The standard InChI is InChI=1S/C25H19F5N4O4S2/c26-17-5-4-14(10-16(17)25(28,29)30)22-15(7-13-3-6-21(18(27)8-13)40(31,37)38)20(9-12-1-2-12)34(33-22)24-32-19(11-39-24)23(35)36/h3-6,8,10-12H,1-2,7,9H2,(H,35,36)(H2,31,37,38). The Bertz CT molecular complexity index is 1740. The number of carboxylic acids is 1. The normalized spacial score (nSPS) is 14.1. The Balaban J connectivity index is 1.72. The summed E-state index contributed by atoms with van der Waals surface area (Å²) in [5, 5.41) is 20.3. The molecule has 2 heterocycles. The molecule has 0 saturated heterocycles. The smallest absolute Gasteiger partial charge is 0.419 e. The van der Waals surface area contributed by atoms with Crippen molar-refractivity contribution in [2.24, 2.45) is 11.1 Å². The molecule has 0 atom stereocenters. The average molecular weight is 599 g/mol. The highest BCUT2D eigenvalue weighted by atomic mass is 32.2. The maximum absolute atomic E-state index is 14.7. The van der Waals surface area contributed by atoms with Crippen molar-refractivity contribution in [1.29, 1.82) is 0 Å². The number of nitrogens with two attached hydrogens (primary N) is 1. The number of thiazole rings is 1. The van der Waals surface area contributed by atoms with Gasteiger partial charge in [0.15, 0.2) is 5.69 Å². The Hall–Kier alpha value is -3.69.